The highest BCUT2D eigenvalue weighted by Gasteiger charge is 2.42. The number of carbonyl (C=O) groups excluding carboxylic acids is 1. The fourth-order valence-corrected chi connectivity index (χ4v) is 3.88. The third kappa shape index (κ3) is 4.44. The minimum absolute atomic E-state index is 0.0700. The van der Waals surface area contributed by atoms with Crippen molar-refractivity contribution in [2.75, 3.05) is 26.3 Å². The second kappa shape index (κ2) is 8.11. The van der Waals surface area contributed by atoms with E-state index in [0.29, 0.717) is 19.6 Å². The summed E-state index contributed by atoms with van der Waals surface area (Å²) in [6.45, 7) is 6.97. The van der Waals surface area contributed by atoms with Gasteiger partial charge in [0.2, 0.25) is 5.91 Å². The van der Waals surface area contributed by atoms with Crippen LogP contribution in [0.25, 0.3) is 0 Å². The summed E-state index contributed by atoms with van der Waals surface area (Å²) in [5.41, 5.74) is -0.105. The van der Waals surface area contributed by atoms with Crippen LogP contribution in [0.1, 0.15) is 52.4 Å². The van der Waals surface area contributed by atoms with E-state index in [0.717, 1.165) is 45.2 Å². The van der Waals surface area contributed by atoms with Crippen molar-refractivity contribution in [1.82, 2.24) is 10.2 Å². The van der Waals surface area contributed by atoms with Crippen molar-refractivity contribution in [2.24, 2.45) is 5.92 Å². The zero-order valence-corrected chi connectivity index (χ0v) is 14.3. The van der Waals surface area contributed by atoms with Crippen LogP contribution >= 0.6 is 0 Å². The lowest BCUT2D eigenvalue weighted by Crippen LogP contribution is -2.55. The maximum Gasteiger partial charge on any atom is 0.326 e. The summed E-state index contributed by atoms with van der Waals surface area (Å²) in [5.74, 6) is -1.15. The number of rotatable bonds is 7. The number of nitrogens with one attached hydrogen (secondary N) is 1. The molecule has 6 heteroatoms. The second-order valence-corrected chi connectivity index (χ2v) is 6.98. The van der Waals surface area contributed by atoms with Gasteiger partial charge < -0.3 is 15.2 Å². The number of amides is 1. The Balaban J connectivity index is 2.01. The number of carboxylic acids is 1. The summed E-state index contributed by atoms with van der Waals surface area (Å²) >= 11 is 0. The van der Waals surface area contributed by atoms with Crippen LogP contribution in [0.2, 0.25) is 0 Å². The molecule has 0 radical (unpaired) electrons. The van der Waals surface area contributed by atoms with Crippen molar-refractivity contribution < 1.29 is 19.4 Å². The molecule has 1 saturated heterocycles. The predicted octanol–water partition coefficient (Wildman–Crippen LogP) is 1.64. The number of ether oxygens (including phenoxy) is 1. The van der Waals surface area contributed by atoms with Crippen LogP contribution < -0.4 is 5.32 Å². The highest BCUT2D eigenvalue weighted by atomic mass is 16.5. The van der Waals surface area contributed by atoms with Gasteiger partial charge in [-0.3, -0.25) is 9.69 Å². The molecule has 1 saturated carbocycles. The first kappa shape index (κ1) is 18.2. The standard InChI is InChI=1S/C17H30N2O4/c1-3-13(2)15(16(21)22)18-14(20)12-17(6-4-5-7-17)19-8-10-23-11-9-19/h13,15H,3-12H2,1-2H3,(H,18,20)(H,21,22)/t13-,15-/m0/s1. The maximum absolute atomic E-state index is 12.5. The molecule has 23 heavy (non-hydrogen) atoms. The number of aliphatic carboxylic acids is 1. The predicted molar refractivity (Wildman–Crippen MR) is 87.2 cm³/mol. The smallest absolute Gasteiger partial charge is 0.326 e. The third-order valence-corrected chi connectivity index (χ3v) is 5.50. The monoisotopic (exact) mass is 326 g/mol. The van der Waals surface area contributed by atoms with Gasteiger partial charge in [-0.1, -0.05) is 33.1 Å². The number of hydrogen-bond donors (Lipinski definition) is 2. The third-order valence-electron chi connectivity index (χ3n) is 5.50. The molecule has 1 amide bonds. The largest absolute Gasteiger partial charge is 0.480 e. The highest BCUT2D eigenvalue weighted by molar-refractivity contribution is 5.84. The van der Waals surface area contributed by atoms with Crippen molar-refractivity contribution >= 4 is 11.9 Å². The molecule has 2 fully saturated rings. The van der Waals surface area contributed by atoms with E-state index in [1.165, 1.54) is 0 Å². The summed E-state index contributed by atoms with van der Waals surface area (Å²) in [7, 11) is 0. The molecular formula is C17H30N2O4. The second-order valence-electron chi connectivity index (χ2n) is 6.98. The molecule has 0 aromatic carbocycles. The SMILES string of the molecule is CC[C@H](C)[C@H](NC(=O)CC1(N2CCOCC2)CCCC1)C(=O)O. The molecular weight excluding hydrogens is 296 g/mol. The average molecular weight is 326 g/mol. The van der Waals surface area contributed by atoms with Crippen LogP contribution in [0, 0.1) is 5.92 Å². The van der Waals surface area contributed by atoms with Crippen LogP contribution in [0.15, 0.2) is 0 Å². The van der Waals surface area contributed by atoms with Gasteiger partial charge in [0, 0.05) is 25.0 Å². The van der Waals surface area contributed by atoms with Crippen LogP contribution in [0.3, 0.4) is 0 Å². The van der Waals surface area contributed by atoms with E-state index in [2.05, 4.69) is 10.2 Å². The van der Waals surface area contributed by atoms with Crippen molar-refractivity contribution in [3.05, 3.63) is 0 Å². The molecule has 0 bridgehead atoms. The fraction of sp³-hybridized carbons (Fsp3) is 0.882. The summed E-state index contributed by atoms with van der Waals surface area (Å²) in [5, 5.41) is 12.1. The van der Waals surface area contributed by atoms with E-state index in [4.69, 9.17) is 4.74 Å². The number of hydrogen-bond acceptors (Lipinski definition) is 4. The molecule has 1 aliphatic heterocycles. The first-order chi connectivity index (χ1) is 11.0. The molecule has 2 N–H and O–H groups in total. The molecule has 2 atom stereocenters. The maximum atomic E-state index is 12.5. The highest BCUT2D eigenvalue weighted by Crippen LogP contribution is 2.38. The Hall–Kier alpha value is -1.14. The number of nitrogens with zero attached hydrogens (tertiary/aromatic N) is 1. The van der Waals surface area contributed by atoms with Crippen molar-refractivity contribution in [2.45, 2.75) is 64.0 Å². The molecule has 2 rings (SSSR count). The van der Waals surface area contributed by atoms with Gasteiger partial charge in [0.15, 0.2) is 0 Å². The van der Waals surface area contributed by atoms with Crippen molar-refractivity contribution in [3.63, 3.8) is 0 Å². The lowest BCUT2D eigenvalue weighted by Gasteiger charge is -2.43. The van der Waals surface area contributed by atoms with Crippen LogP contribution in [0.4, 0.5) is 0 Å². The Morgan fingerprint density at radius 3 is 2.39 bits per heavy atom. The Morgan fingerprint density at radius 2 is 1.87 bits per heavy atom. The minimum Gasteiger partial charge on any atom is -0.480 e. The lowest BCUT2D eigenvalue weighted by atomic mass is 9.89. The quantitative estimate of drug-likeness (QED) is 0.743. The number of carboxylic acid groups (broad SMARTS) is 1. The summed E-state index contributed by atoms with van der Waals surface area (Å²) in [6.07, 6.45) is 5.43. The zero-order chi connectivity index (χ0) is 16.9. The van der Waals surface area contributed by atoms with E-state index in [-0.39, 0.29) is 17.4 Å². The molecule has 2 aliphatic rings. The van der Waals surface area contributed by atoms with Crippen molar-refractivity contribution in [1.29, 1.82) is 0 Å². The van der Waals surface area contributed by atoms with Crippen LogP contribution in [0.5, 0.6) is 0 Å². The fourth-order valence-electron chi connectivity index (χ4n) is 3.88. The van der Waals surface area contributed by atoms with Gasteiger partial charge in [-0.25, -0.2) is 4.79 Å². The first-order valence-electron chi connectivity index (χ1n) is 8.83. The number of morpholine rings is 1. The van der Waals surface area contributed by atoms with Crippen LogP contribution in [-0.2, 0) is 14.3 Å². The molecule has 0 aromatic heterocycles. The van der Waals surface area contributed by atoms with Crippen LogP contribution in [-0.4, -0.2) is 59.8 Å². The molecule has 0 spiro atoms. The van der Waals surface area contributed by atoms with Gasteiger partial charge in [0.1, 0.15) is 6.04 Å². The van der Waals surface area contributed by atoms with E-state index in [1.807, 2.05) is 13.8 Å². The van der Waals surface area contributed by atoms with E-state index in [9.17, 15) is 14.7 Å². The first-order valence-corrected chi connectivity index (χ1v) is 8.83. The molecule has 6 nitrogen and oxygen atoms in total. The van der Waals surface area contributed by atoms with E-state index in [1.54, 1.807) is 0 Å². The van der Waals surface area contributed by atoms with Gasteiger partial charge in [0.05, 0.1) is 13.2 Å². The summed E-state index contributed by atoms with van der Waals surface area (Å²) in [6, 6.07) is -0.796. The van der Waals surface area contributed by atoms with Gasteiger partial charge >= 0.3 is 5.97 Å². The Kier molecular flexibility index (Phi) is 6.41. The van der Waals surface area contributed by atoms with Gasteiger partial charge in [-0.2, -0.15) is 0 Å². The lowest BCUT2D eigenvalue weighted by molar-refractivity contribution is -0.144. The van der Waals surface area contributed by atoms with Gasteiger partial charge in [-0.05, 0) is 18.8 Å². The number of carbonyl (C=O) groups is 2. The van der Waals surface area contributed by atoms with Gasteiger partial charge in [0.25, 0.3) is 0 Å². The average Bonchev–Trinajstić information content (AvgIpc) is 3.02. The van der Waals surface area contributed by atoms with Crippen molar-refractivity contribution in [3.8, 4) is 0 Å². The minimum atomic E-state index is -0.945. The molecule has 132 valence electrons. The summed E-state index contributed by atoms with van der Waals surface area (Å²) in [4.78, 5) is 26.4. The molecule has 1 aliphatic carbocycles. The van der Waals surface area contributed by atoms with E-state index >= 15 is 0 Å². The van der Waals surface area contributed by atoms with E-state index < -0.39 is 12.0 Å². The molecule has 0 unspecified atom stereocenters. The Morgan fingerprint density at radius 1 is 1.26 bits per heavy atom. The molecule has 0 aromatic rings. The Labute approximate surface area is 138 Å². The zero-order valence-electron chi connectivity index (χ0n) is 14.3. The van der Waals surface area contributed by atoms with Gasteiger partial charge in [-0.15, -0.1) is 0 Å². The topological polar surface area (TPSA) is 78.9 Å². The summed E-state index contributed by atoms with van der Waals surface area (Å²) < 4.78 is 5.43. The normalized spacial score (nSPS) is 24.1. The Bertz CT molecular complexity index is 415. The molecule has 1 heterocycles.